The second kappa shape index (κ2) is 3.20. The number of carbonyl (C=O) groups is 2. The lowest BCUT2D eigenvalue weighted by Gasteiger charge is -2.44. The molecule has 0 aromatic carbocycles. The Kier molecular flexibility index (Phi) is 1.95. The van der Waals surface area contributed by atoms with Gasteiger partial charge in [0.05, 0.1) is 0 Å². The van der Waals surface area contributed by atoms with Crippen molar-refractivity contribution in [3.05, 3.63) is 0 Å². The molecule has 3 aliphatic rings. The zero-order valence-corrected chi connectivity index (χ0v) is 8.61. The second-order valence-electron chi connectivity index (χ2n) is 4.44. The molecule has 0 bridgehead atoms. The van der Waals surface area contributed by atoms with Crippen molar-refractivity contribution in [3.63, 3.8) is 0 Å². The van der Waals surface area contributed by atoms with Gasteiger partial charge < -0.3 is 15.1 Å². The van der Waals surface area contributed by atoms with Gasteiger partial charge in [-0.1, -0.05) is 0 Å². The highest BCUT2D eigenvalue weighted by molar-refractivity contribution is 5.97. The number of piperazine rings is 2. The fourth-order valence-electron chi connectivity index (χ4n) is 2.86. The minimum absolute atomic E-state index is 0.143. The summed E-state index contributed by atoms with van der Waals surface area (Å²) < 4.78 is 0. The van der Waals surface area contributed by atoms with E-state index in [-0.39, 0.29) is 23.9 Å². The Morgan fingerprint density at radius 2 is 1.80 bits per heavy atom. The van der Waals surface area contributed by atoms with Gasteiger partial charge in [0.2, 0.25) is 11.8 Å². The molecule has 15 heavy (non-hydrogen) atoms. The van der Waals surface area contributed by atoms with Gasteiger partial charge >= 0.3 is 0 Å². The molecular weight excluding hydrogens is 194 g/mol. The third-order valence-electron chi connectivity index (χ3n) is 3.63. The molecule has 5 heteroatoms. The van der Waals surface area contributed by atoms with Crippen LogP contribution in [0.4, 0.5) is 0 Å². The molecule has 0 aromatic rings. The highest BCUT2D eigenvalue weighted by atomic mass is 16.2. The number of fused-ring (bicyclic) bond motifs is 2. The van der Waals surface area contributed by atoms with E-state index in [2.05, 4.69) is 5.32 Å². The zero-order chi connectivity index (χ0) is 10.4. The van der Waals surface area contributed by atoms with Gasteiger partial charge in [-0.05, 0) is 12.8 Å². The van der Waals surface area contributed by atoms with Crippen molar-refractivity contribution in [2.75, 3.05) is 26.2 Å². The van der Waals surface area contributed by atoms with E-state index in [9.17, 15) is 9.59 Å². The summed E-state index contributed by atoms with van der Waals surface area (Å²) in [5.74, 6) is 0.308. The Bertz CT molecular complexity index is 288. The number of rotatable bonds is 0. The maximum absolute atomic E-state index is 12.1. The third-order valence-corrected chi connectivity index (χ3v) is 3.63. The summed E-state index contributed by atoms with van der Waals surface area (Å²) in [4.78, 5) is 27.7. The fourth-order valence-corrected chi connectivity index (χ4v) is 2.86. The van der Waals surface area contributed by atoms with Gasteiger partial charge in [0.15, 0.2) is 0 Å². The number of hydrogen-bond donors (Lipinski definition) is 1. The van der Waals surface area contributed by atoms with Crippen LogP contribution in [0.3, 0.4) is 0 Å². The molecule has 0 aliphatic carbocycles. The second-order valence-corrected chi connectivity index (χ2v) is 4.44. The van der Waals surface area contributed by atoms with E-state index in [1.165, 1.54) is 0 Å². The maximum Gasteiger partial charge on any atom is 0.247 e. The van der Waals surface area contributed by atoms with Crippen molar-refractivity contribution in [3.8, 4) is 0 Å². The van der Waals surface area contributed by atoms with Gasteiger partial charge in [0.1, 0.15) is 12.1 Å². The summed E-state index contributed by atoms with van der Waals surface area (Å²) in [6.07, 6.45) is 1.82. The van der Waals surface area contributed by atoms with Crippen LogP contribution in [0.5, 0.6) is 0 Å². The largest absolute Gasteiger partial charge is 0.329 e. The summed E-state index contributed by atoms with van der Waals surface area (Å²) in [7, 11) is 0. The first-order chi connectivity index (χ1) is 7.29. The van der Waals surface area contributed by atoms with Crippen molar-refractivity contribution in [1.29, 1.82) is 0 Å². The minimum atomic E-state index is -0.236. The molecule has 2 atom stereocenters. The lowest BCUT2D eigenvalue weighted by Crippen LogP contribution is -2.68. The van der Waals surface area contributed by atoms with Crippen molar-refractivity contribution in [2.45, 2.75) is 24.9 Å². The first-order valence-corrected chi connectivity index (χ1v) is 5.61. The van der Waals surface area contributed by atoms with Crippen molar-refractivity contribution < 1.29 is 9.59 Å². The fraction of sp³-hybridized carbons (Fsp3) is 0.800. The first kappa shape index (κ1) is 9.15. The van der Waals surface area contributed by atoms with E-state index < -0.39 is 0 Å². The predicted octanol–water partition coefficient (Wildman–Crippen LogP) is -1.21. The number of nitrogens with one attached hydrogen (secondary N) is 1. The third kappa shape index (κ3) is 1.19. The molecule has 0 aromatic heterocycles. The van der Waals surface area contributed by atoms with Crippen molar-refractivity contribution >= 4 is 11.8 Å². The van der Waals surface area contributed by atoms with Crippen molar-refractivity contribution in [1.82, 2.24) is 15.1 Å². The lowest BCUT2D eigenvalue weighted by atomic mass is 10.0. The summed E-state index contributed by atoms with van der Waals surface area (Å²) >= 11 is 0. The van der Waals surface area contributed by atoms with Crippen LogP contribution in [-0.4, -0.2) is 59.9 Å². The molecule has 0 unspecified atom stereocenters. The SMILES string of the molecule is O=C1[C@@H]2CCCN2C(=O)[C@H]2CNCCN12. The van der Waals surface area contributed by atoms with Gasteiger partial charge in [0.25, 0.3) is 0 Å². The Balaban J connectivity index is 1.92. The van der Waals surface area contributed by atoms with Gasteiger partial charge in [-0.3, -0.25) is 9.59 Å². The number of nitrogens with zero attached hydrogens (tertiary/aromatic N) is 2. The van der Waals surface area contributed by atoms with Crippen LogP contribution in [0.25, 0.3) is 0 Å². The summed E-state index contributed by atoms with van der Waals surface area (Å²) in [5, 5.41) is 3.17. The van der Waals surface area contributed by atoms with E-state index in [0.717, 1.165) is 25.9 Å². The molecule has 0 saturated carbocycles. The van der Waals surface area contributed by atoms with E-state index in [1.807, 2.05) is 0 Å². The van der Waals surface area contributed by atoms with Crippen LogP contribution >= 0.6 is 0 Å². The summed E-state index contributed by atoms with van der Waals surface area (Å²) in [6.45, 7) is 2.87. The molecule has 0 radical (unpaired) electrons. The number of carbonyl (C=O) groups excluding carboxylic acids is 2. The van der Waals surface area contributed by atoms with E-state index >= 15 is 0 Å². The predicted molar refractivity (Wildman–Crippen MR) is 53.1 cm³/mol. The molecule has 0 spiro atoms. The van der Waals surface area contributed by atoms with Gasteiger partial charge in [-0.15, -0.1) is 0 Å². The monoisotopic (exact) mass is 209 g/mol. The Morgan fingerprint density at radius 3 is 2.67 bits per heavy atom. The molecular formula is C10H15N3O2. The number of hydrogen-bond acceptors (Lipinski definition) is 3. The zero-order valence-electron chi connectivity index (χ0n) is 8.61. The Morgan fingerprint density at radius 1 is 1.07 bits per heavy atom. The normalized spacial score (nSPS) is 35.5. The van der Waals surface area contributed by atoms with Gasteiger partial charge in [0, 0.05) is 26.2 Å². The highest BCUT2D eigenvalue weighted by Crippen LogP contribution is 2.27. The van der Waals surface area contributed by atoms with Crippen LogP contribution < -0.4 is 5.32 Å². The molecule has 3 aliphatic heterocycles. The molecule has 5 nitrogen and oxygen atoms in total. The molecule has 82 valence electrons. The van der Waals surface area contributed by atoms with Crippen molar-refractivity contribution in [2.24, 2.45) is 0 Å². The molecule has 3 saturated heterocycles. The Labute approximate surface area is 88.4 Å². The average Bonchev–Trinajstić information content (AvgIpc) is 2.75. The number of amides is 2. The quantitative estimate of drug-likeness (QED) is 0.545. The standard InChI is InChI=1S/C10H15N3O2/c14-9-7-2-1-4-12(7)10(15)8-6-11-3-5-13(8)9/h7-8,11H,1-6H2/t7-,8+/m0/s1. The van der Waals surface area contributed by atoms with Gasteiger partial charge in [-0.2, -0.15) is 0 Å². The Hall–Kier alpha value is -1.10. The lowest BCUT2D eigenvalue weighted by molar-refractivity contribution is -0.160. The van der Waals surface area contributed by atoms with E-state index in [4.69, 9.17) is 0 Å². The van der Waals surface area contributed by atoms with Crippen LogP contribution in [0.1, 0.15) is 12.8 Å². The summed E-state index contributed by atoms with van der Waals surface area (Å²) in [6, 6.07) is -0.382. The van der Waals surface area contributed by atoms with E-state index in [1.54, 1.807) is 9.80 Å². The van der Waals surface area contributed by atoms with Gasteiger partial charge in [-0.25, -0.2) is 0 Å². The van der Waals surface area contributed by atoms with Crippen LogP contribution in [0, 0.1) is 0 Å². The van der Waals surface area contributed by atoms with E-state index in [0.29, 0.717) is 13.1 Å². The first-order valence-electron chi connectivity index (χ1n) is 5.61. The average molecular weight is 209 g/mol. The molecule has 2 amide bonds. The van der Waals surface area contributed by atoms with Crippen LogP contribution in [0.2, 0.25) is 0 Å². The van der Waals surface area contributed by atoms with Crippen LogP contribution in [0.15, 0.2) is 0 Å². The molecule has 3 fully saturated rings. The molecule has 3 rings (SSSR count). The smallest absolute Gasteiger partial charge is 0.247 e. The maximum atomic E-state index is 12.1. The minimum Gasteiger partial charge on any atom is -0.329 e. The molecule has 3 heterocycles. The summed E-state index contributed by atoms with van der Waals surface area (Å²) in [5.41, 5.74) is 0. The topological polar surface area (TPSA) is 52.7 Å². The van der Waals surface area contributed by atoms with Crippen LogP contribution in [-0.2, 0) is 9.59 Å². The highest BCUT2D eigenvalue weighted by Gasteiger charge is 2.48. The molecule has 1 N–H and O–H groups in total.